The summed E-state index contributed by atoms with van der Waals surface area (Å²) in [6, 6.07) is 4.04. The molecule has 24 heavy (non-hydrogen) atoms. The van der Waals surface area contributed by atoms with Crippen LogP contribution in [0.2, 0.25) is 0 Å². The molecule has 0 radical (unpaired) electrons. The molecule has 3 aromatic rings. The summed E-state index contributed by atoms with van der Waals surface area (Å²) in [6.45, 7) is 2.23. The summed E-state index contributed by atoms with van der Waals surface area (Å²) in [5.41, 5.74) is -1.42. The molecule has 0 fully saturated rings. The van der Waals surface area contributed by atoms with Crippen LogP contribution in [-0.2, 0) is 12.7 Å². The van der Waals surface area contributed by atoms with Gasteiger partial charge in [-0.25, -0.2) is 14.4 Å². The van der Waals surface area contributed by atoms with Crippen molar-refractivity contribution in [1.82, 2.24) is 14.5 Å². The first-order chi connectivity index (χ1) is 11.3. The predicted molar refractivity (Wildman–Crippen MR) is 79.9 cm³/mol. The monoisotopic (exact) mass is 337 g/mol. The van der Waals surface area contributed by atoms with Crippen LogP contribution in [0.25, 0.3) is 22.2 Å². The molecule has 1 aromatic carbocycles. The summed E-state index contributed by atoms with van der Waals surface area (Å²) in [7, 11) is 0. The first-order valence-corrected chi connectivity index (χ1v) is 7.03. The minimum absolute atomic E-state index is 0.0649. The van der Waals surface area contributed by atoms with E-state index in [2.05, 4.69) is 9.97 Å². The van der Waals surface area contributed by atoms with Gasteiger partial charge in [-0.05, 0) is 30.5 Å². The van der Waals surface area contributed by atoms with Crippen LogP contribution in [0.3, 0.4) is 0 Å². The average molecular weight is 337 g/mol. The van der Waals surface area contributed by atoms with Gasteiger partial charge in [-0.15, -0.1) is 0 Å². The molecule has 0 spiro atoms. The summed E-state index contributed by atoms with van der Waals surface area (Å²) in [5.74, 6) is -0.949. The largest absolute Gasteiger partial charge is 0.419 e. The van der Waals surface area contributed by atoms with Crippen molar-refractivity contribution in [2.75, 3.05) is 0 Å². The van der Waals surface area contributed by atoms with Crippen LogP contribution in [0, 0.1) is 5.82 Å². The van der Waals surface area contributed by atoms with Gasteiger partial charge in [0.25, 0.3) is 5.56 Å². The normalized spacial score (nSPS) is 11.9. The average Bonchev–Trinajstić information content (AvgIpc) is 2.55. The molecule has 0 aliphatic rings. The lowest BCUT2D eigenvalue weighted by Crippen LogP contribution is -2.18. The van der Waals surface area contributed by atoms with Crippen LogP contribution in [0.5, 0.6) is 0 Å². The standard InChI is InChI=1S/C16H11F4N3O/c1-2-23-4-3-9-5-12(13(17)6-11(9)15(23)24)14-21-7-10(8-22-14)16(18,19)20/h3-8H,2H2,1H3. The van der Waals surface area contributed by atoms with Gasteiger partial charge in [0.15, 0.2) is 5.82 Å². The number of hydrogen-bond acceptors (Lipinski definition) is 3. The molecule has 0 unspecified atom stereocenters. The fourth-order valence-corrected chi connectivity index (χ4v) is 2.34. The zero-order valence-electron chi connectivity index (χ0n) is 12.4. The van der Waals surface area contributed by atoms with Crippen molar-refractivity contribution < 1.29 is 17.6 Å². The highest BCUT2D eigenvalue weighted by atomic mass is 19.4. The Morgan fingerprint density at radius 3 is 2.42 bits per heavy atom. The van der Waals surface area contributed by atoms with E-state index in [0.29, 0.717) is 24.3 Å². The van der Waals surface area contributed by atoms with Crippen molar-refractivity contribution in [2.45, 2.75) is 19.6 Å². The molecule has 8 heteroatoms. The smallest absolute Gasteiger partial charge is 0.315 e. The highest BCUT2D eigenvalue weighted by Crippen LogP contribution is 2.29. The number of aromatic nitrogens is 3. The van der Waals surface area contributed by atoms with E-state index in [1.165, 1.54) is 10.6 Å². The second-order valence-electron chi connectivity index (χ2n) is 5.12. The Kier molecular flexibility index (Phi) is 3.82. The van der Waals surface area contributed by atoms with Gasteiger partial charge in [0.1, 0.15) is 5.82 Å². The molecule has 0 amide bonds. The molecule has 0 N–H and O–H groups in total. The number of nitrogens with zero attached hydrogens (tertiary/aromatic N) is 3. The number of benzene rings is 1. The fourth-order valence-electron chi connectivity index (χ4n) is 2.34. The van der Waals surface area contributed by atoms with Crippen LogP contribution in [0.4, 0.5) is 17.6 Å². The number of aryl methyl sites for hydroxylation is 1. The zero-order valence-corrected chi connectivity index (χ0v) is 12.4. The Labute approximate surface area is 133 Å². The van der Waals surface area contributed by atoms with Gasteiger partial charge in [0.05, 0.1) is 16.5 Å². The molecule has 3 rings (SSSR count). The van der Waals surface area contributed by atoms with E-state index in [9.17, 15) is 22.4 Å². The predicted octanol–water partition coefficient (Wildman–Crippen LogP) is 3.64. The van der Waals surface area contributed by atoms with Gasteiger partial charge in [-0.1, -0.05) is 0 Å². The van der Waals surface area contributed by atoms with Crippen LogP contribution in [0.15, 0.2) is 41.6 Å². The van der Waals surface area contributed by atoms with Gasteiger partial charge < -0.3 is 4.57 Å². The first-order valence-electron chi connectivity index (χ1n) is 7.03. The summed E-state index contributed by atoms with van der Waals surface area (Å²) < 4.78 is 53.3. The summed E-state index contributed by atoms with van der Waals surface area (Å²) in [6.07, 6.45) is -1.80. The molecular formula is C16H11F4N3O. The van der Waals surface area contributed by atoms with Crippen LogP contribution < -0.4 is 5.56 Å². The molecule has 0 bridgehead atoms. The van der Waals surface area contributed by atoms with Crippen molar-refractivity contribution in [1.29, 1.82) is 0 Å². The minimum Gasteiger partial charge on any atom is -0.315 e. The maximum absolute atomic E-state index is 14.3. The third kappa shape index (κ3) is 2.75. The van der Waals surface area contributed by atoms with E-state index in [1.807, 2.05) is 0 Å². The Morgan fingerprint density at radius 2 is 1.83 bits per heavy atom. The number of hydrogen-bond donors (Lipinski definition) is 0. The topological polar surface area (TPSA) is 47.8 Å². The molecule has 0 atom stereocenters. The lowest BCUT2D eigenvalue weighted by atomic mass is 10.1. The first kappa shape index (κ1) is 16.1. The number of alkyl halides is 3. The summed E-state index contributed by atoms with van der Waals surface area (Å²) in [5, 5.41) is 0.650. The van der Waals surface area contributed by atoms with Crippen molar-refractivity contribution >= 4 is 10.8 Å². The Bertz CT molecular complexity index is 962. The second kappa shape index (κ2) is 5.70. The lowest BCUT2D eigenvalue weighted by molar-refractivity contribution is -0.138. The van der Waals surface area contributed by atoms with E-state index in [0.717, 1.165) is 6.07 Å². The maximum Gasteiger partial charge on any atom is 0.419 e. The van der Waals surface area contributed by atoms with Crippen molar-refractivity contribution in [3.8, 4) is 11.4 Å². The number of fused-ring (bicyclic) bond motifs is 1. The van der Waals surface area contributed by atoms with Crippen molar-refractivity contribution in [3.05, 3.63) is 58.5 Å². The van der Waals surface area contributed by atoms with Crippen LogP contribution in [-0.4, -0.2) is 14.5 Å². The lowest BCUT2D eigenvalue weighted by Gasteiger charge is -2.09. The second-order valence-corrected chi connectivity index (χ2v) is 5.12. The van der Waals surface area contributed by atoms with Gasteiger partial charge in [-0.3, -0.25) is 4.79 Å². The molecular weight excluding hydrogens is 326 g/mol. The van der Waals surface area contributed by atoms with Gasteiger partial charge in [-0.2, -0.15) is 13.2 Å². The SMILES string of the molecule is CCn1ccc2cc(-c3ncc(C(F)(F)F)cn3)c(F)cc2c1=O. The maximum atomic E-state index is 14.3. The van der Waals surface area contributed by atoms with Gasteiger partial charge >= 0.3 is 6.18 Å². The Morgan fingerprint density at radius 1 is 1.17 bits per heavy atom. The molecule has 4 nitrogen and oxygen atoms in total. The van der Waals surface area contributed by atoms with Gasteiger partial charge in [0, 0.05) is 25.1 Å². The highest BCUT2D eigenvalue weighted by Gasteiger charge is 2.31. The third-order valence-corrected chi connectivity index (χ3v) is 3.63. The van der Waals surface area contributed by atoms with Crippen molar-refractivity contribution in [3.63, 3.8) is 0 Å². The summed E-state index contributed by atoms with van der Waals surface area (Å²) in [4.78, 5) is 19.3. The van der Waals surface area contributed by atoms with E-state index in [4.69, 9.17) is 0 Å². The van der Waals surface area contributed by atoms with Crippen LogP contribution in [0.1, 0.15) is 12.5 Å². The number of rotatable bonds is 2. The van der Waals surface area contributed by atoms with E-state index >= 15 is 0 Å². The quantitative estimate of drug-likeness (QED) is 0.671. The molecule has 0 saturated carbocycles. The Balaban J connectivity index is 2.13. The van der Waals surface area contributed by atoms with E-state index < -0.39 is 17.6 Å². The molecule has 0 aliphatic carbocycles. The van der Waals surface area contributed by atoms with Crippen molar-refractivity contribution in [2.24, 2.45) is 0 Å². The molecule has 124 valence electrons. The van der Waals surface area contributed by atoms with Gasteiger partial charge in [0.2, 0.25) is 0 Å². The fraction of sp³-hybridized carbons (Fsp3) is 0.188. The third-order valence-electron chi connectivity index (χ3n) is 3.63. The van der Waals surface area contributed by atoms with Crippen LogP contribution >= 0.6 is 0 Å². The molecule has 0 saturated heterocycles. The van der Waals surface area contributed by atoms with E-state index in [1.54, 1.807) is 19.2 Å². The zero-order chi connectivity index (χ0) is 17.5. The molecule has 2 heterocycles. The Hall–Kier alpha value is -2.77. The highest BCUT2D eigenvalue weighted by molar-refractivity contribution is 5.85. The summed E-state index contributed by atoms with van der Waals surface area (Å²) >= 11 is 0. The minimum atomic E-state index is -4.56. The number of pyridine rings is 1. The molecule has 0 aliphatic heterocycles. The number of halogens is 4. The van der Waals surface area contributed by atoms with E-state index in [-0.39, 0.29) is 22.3 Å². The molecule has 2 aromatic heterocycles.